The summed E-state index contributed by atoms with van der Waals surface area (Å²) < 4.78 is 0. The summed E-state index contributed by atoms with van der Waals surface area (Å²) in [5.41, 5.74) is 0. The van der Waals surface area contributed by atoms with Crippen molar-refractivity contribution in [1.82, 2.24) is 10.2 Å². The van der Waals surface area contributed by atoms with Gasteiger partial charge >= 0.3 is 0 Å². The minimum Gasteiger partial charge on any atom is -0.315 e. The van der Waals surface area contributed by atoms with Crippen molar-refractivity contribution >= 4 is 0 Å². The highest BCUT2D eigenvalue weighted by atomic mass is 15.1. The van der Waals surface area contributed by atoms with E-state index in [1.807, 2.05) is 0 Å². The molecule has 0 amide bonds. The maximum atomic E-state index is 3.61. The van der Waals surface area contributed by atoms with Crippen molar-refractivity contribution < 1.29 is 0 Å². The smallest absolute Gasteiger partial charge is 0.0107 e. The van der Waals surface area contributed by atoms with E-state index in [9.17, 15) is 0 Å². The highest BCUT2D eigenvalue weighted by Crippen LogP contribution is 2.24. The molecule has 0 aromatic heterocycles. The van der Waals surface area contributed by atoms with Gasteiger partial charge in [0.1, 0.15) is 0 Å². The predicted molar refractivity (Wildman–Crippen MR) is 65.1 cm³/mol. The first kappa shape index (κ1) is 11.4. The van der Waals surface area contributed by atoms with Crippen LogP contribution in [-0.2, 0) is 0 Å². The largest absolute Gasteiger partial charge is 0.315 e. The lowest BCUT2D eigenvalue weighted by atomic mass is 9.85. The van der Waals surface area contributed by atoms with Crippen molar-refractivity contribution in [2.24, 2.45) is 5.92 Å². The first-order valence-corrected chi connectivity index (χ1v) is 6.88. The van der Waals surface area contributed by atoms with E-state index in [1.165, 1.54) is 77.7 Å². The SMILES string of the molecule is C1CCCN(CCNCC2CCC2)CC1. The highest BCUT2D eigenvalue weighted by Gasteiger charge is 2.16. The number of likely N-dealkylation sites (tertiary alicyclic amines) is 1. The van der Waals surface area contributed by atoms with Gasteiger partial charge < -0.3 is 10.2 Å². The molecule has 0 spiro atoms. The molecule has 88 valence electrons. The van der Waals surface area contributed by atoms with Crippen LogP contribution in [0.5, 0.6) is 0 Å². The number of rotatable bonds is 5. The Hall–Kier alpha value is -0.0800. The van der Waals surface area contributed by atoms with Crippen LogP contribution in [0.1, 0.15) is 44.9 Å². The molecule has 0 aromatic rings. The zero-order chi connectivity index (χ0) is 10.3. The van der Waals surface area contributed by atoms with Gasteiger partial charge in [-0.25, -0.2) is 0 Å². The summed E-state index contributed by atoms with van der Waals surface area (Å²) in [5.74, 6) is 1.01. The van der Waals surface area contributed by atoms with Gasteiger partial charge in [0.2, 0.25) is 0 Å². The molecule has 1 saturated carbocycles. The van der Waals surface area contributed by atoms with E-state index in [1.54, 1.807) is 0 Å². The topological polar surface area (TPSA) is 15.3 Å². The Morgan fingerprint density at radius 1 is 0.933 bits per heavy atom. The van der Waals surface area contributed by atoms with Gasteiger partial charge in [-0.1, -0.05) is 19.3 Å². The second kappa shape index (κ2) is 6.49. The molecule has 1 aliphatic heterocycles. The fraction of sp³-hybridized carbons (Fsp3) is 1.00. The van der Waals surface area contributed by atoms with Gasteiger partial charge in [0.25, 0.3) is 0 Å². The van der Waals surface area contributed by atoms with E-state index in [0.717, 1.165) is 5.92 Å². The minimum absolute atomic E-state index is 1.01. The fourth-order valence-electron chi connectivity index (χ4n) is 2.60. The number of nitrogens with zero attached hydrogens (tertiary/aromatic N) is 1. The van der Waals surface area contributed by atoms with Crippen LogP contribution < -0.4 is 5.32 Å². The van der Waals surface area contributed by atoms with Gasteiger partial charge in [-0.05, 0) is 51.2 Å². The molecule has 2 aliphatic rings. The summed E-state index contributed by atoms with van der Waals surface area (Å²) in [5, 5.41) is 3.61. The van der Waals surface area contributed by atoms with Crippen LogP contribution in [-0.4, -0.2) is 37.6 Å². The van der Waals surface area contributed by atoms with Crippen LogP contribution in [0, 0.1) is 5.92 Å². The number of hydrogen-bond acceptors (Lipinski definition) is 2. The lowest BCUT2D eigenvalue weighted by molar-refractivity contribution is 0.265. The average Bonchev–Trinajstić information content (AvgIpc) is 2.43. The van der Waals surface area contributed by atoms with E-state index in [4.69, 9.17) is 0 Å². The Morgan fingerprint density at radius 2 is 1.67 bits per heavy atom. The first-order chi connectivity index (χ1) is 7.45. The Balaban J connectivity index is 1.48. The lowest BCUT2D eigenvalue weighted by Crippen LogP contribution is -2.35. The normalized spacial score (nSPS) is 24.8. The summed E-state index contributed by atoms with van der Waals surface area (Å²) >= 11 is 0. The Bertz CT molecular complexity index is 158. The first-order valence-electron chi connectivity index (χ1n) is 6.88. The zero-order valence-electron chi connectivity index (χ0n) is 10.0. The van der Waals surface area contributed by atoms with Gasteiger partial charge in [0.05, 0.1) is 0 Å². The third-order valence-corrected chi connectivity index (χ3v) is 3.96. The summed E-state index contributed by atoms with van der Waals surface area (Å²) in [6.45, 7) is 6.42. The quantitative estimate of drug-likeness (QED) is 0.700. The molecule has 1 aliphatic carbocycles. The molecule has 2 heteroatoms. The molecule has 15 heavy (non-hydrogen) atoms. The van der Waals surface area contributed by atoms with Crippen LogP contribution in [0.15, 0.2) is 0 Å². The van der Waals surface area contributed by atoms with Crippen LogP contribution in [0.3, 0.4) is 0 Å². The van der Waals surface area contributed by atoms with Gasteiger partial charge in [-0.15, -0.1) is 0 Å². The number of nitrogens with one attached hydrogen (secondary N) is 1. The van der Waals surface area contributed by atoms with Crippen molar-refractivity contribution in [2.75, 3.05) is 32.7 Å². The van der Waals surface area contributed by atoms with Crippen molar-refractivity contribution in [1.29, 1.82) is 0 Å². The molecule has 1 saturated heterocycles. The second-order valence-corrected chi connectivity index (χ2v) is 5.26. The van der Waals surface area contributed by atoms with Crippen molar-refractivity contribution in [3.8, 4) is 0 Å². The summed E-state index contributed by atoms with van der Waals surface area (Å²) in [6.07, 6.45) is 10.1. The molecule has 2 rings (SSSR count). The molecular weight excluding hydrogens is 184 g/mol. The van der Waals surface area contributed by atoms with E-state index in [0.29, 0.717) is 0 Å². The van der Waals surface area contributed by atoms with E-state index >= 15 is 0 Å². The molecule has 0 radical (unpaired) electrons. The molecule has 0 bridgehead atoms. The van der Waals surface area contributed by atoms with Crippen LogP contribution in [0.25, 0.3) is 0 Å². The van der Waals surface area contributed by atoms with Gasteiger partial charge in [0.15, 0.2) is 0 Å². The standard InChI is InChI=1S/C13H26N2/c1-2-4-10-15(9-3-1)11-8-14-12-13-6-5-7-13/h13-14H,1-12H2. The van der Waals surface area contributed by atoms with Crippen molar-refractivity contribution in [3.63, 3.8) is 0 Å². The average molecular weight is 210 g/mol. The third-order valence-electron chi connectivity index (χ3n) is 3.96. The second-order valence-electron chi connectivity index (χ2n) is 5.26. The zero-order valence-corrected chi connectivity index (χ0v) is 10.0. The van der Waals surface area contributed by atoms with Gasteiger partial charge in [-0.2, -0.15) is 0 Å². The van der Waals surface area contributed by atoms with Crippen LogP contribution >= 0.6 is 0 Å². The van der Waals surface area contributed by atoms with E-state index in [-0.39, 0.29) is 0 Å². The maximum Gasteiger partial charge on any atom is 0.0107 e. The van der Waals surface area contributed by atoms with Crippen molar-refractivity contribution in [3.05, 3.63) is 0 Å². The molecule has 2 fully saturated rings. The summed E-state index contributed by atoms with van der Waals surface area (Å²) in [7, 11) is 0. The molecule has 1 heterocycles. The lowest BCUT2D eigenvalue weighted by Gasteiger charge is -2.26. The molecule has 1 N–H and O–H groups in total. The summed E-state index contributed by atoms with van der Waals surface area (Å²) in [4.78, 5) is 2.64. The summed E-state index contributed by atoms with van der Waals surface area (Å²) in [6, 6.07) is 0. The predicted octanol–water partition coefficient (Wildman–Crippen LogP) is 2.25. The van der Waals surface area contributed by atoms with Crippen LogP contribution in [0.2, 0.25) is 0 Å². The van der Waals surface area contributed by atoms with E-state index < -0.39 is 0 Å². The van der Waals surface area contributed by atoms with Gasteiger partial charge in [0, 0.05) is 13.1 Å². The molecule has 2 nitrogen and oxygen atoms in total. The van der Waals surface area contributed by atoms with E-state index in [2.05, 4.69) is 10.2 Å². The highest BCUT2D eigenvalue weighted by molar-refractivity contribution is 4.72. The van der Waals surface area contributed by atoms with Crippen LogP contribution in [0.4, 0.5) is 0 Å². The maximum absolute atomic E-state index is 3.61. The third kappa shape index (κ3) is 4.12. The Morgan fingerprint density at radius 3 is 2.27 bits per heavy atom. The Kier molecular flexibility index (Phi) is 4.94. The molecule has 0 atom stereocenters. The Labute approximate surface area is 94.4 Å². The molecular formula is C13H26N2. The fourth-order valence-corrected chi connectivity index (χ4v) is 2.60. The van der Waals surface area contributed by atoms with Crippen molar-refractivity contribution in [2.45, 2.75) is 44.9 Å². The monoisotopic (exact) mass is 210 g/mol. The molecule has 0 unspecified atom stereocenters. The minimum atomic E-state index is 1.01. The number of hydrogen-bond donors (Lipinski definition) is 1. The van der Waals surface area contributed by atoms with Gasteiger partial charge in [-0.3, -0.25) is 0 Å². The molecule has 0 aromatic carbocycles.